The minimum absolute atomic E-state index is 0.0628. The molecule has 0 saturated carbocycles. The number of amides is 2. The molecule has 0 radical (unpaired) electrons. The first-order valence-electron chi connectivity index (χ1n) is 12.0. The monoisotopic (exact) mass is 471 g/mol. The van der Waals surface area contributed by atoms with Crippen molar-refractivity contribution in [2.24, 2.45) is 0 Å². The van der Waals surface area contributed by atoms with E-state index < -0.39 is 0 Å². The van der Waals surface area contributed by atoms with Crippen LogP contribution in [0.2, 0.25) is 0 Å². The maximum atomic E-state index is 13.1. The summed E-state index contributed by atoms with van der Waals surface area (Å²) in [7, 11) is 0. The van der Waals surface area contributed by atoms with Crippen LogP contribution in [0.15, 0.2) is 55.5 Å². The second kappa shape index (κ2) is 9.32. The fraction of sp³-hybridized carbons (Fsp3) is 0.346. The molecule has 0 aliphatic carbocycles. The Morgan fingerprint density at radius 1 is 1.17 bits per heavy atom. The van der Waals surface area contributed by atoms with Gasteiger partial charge in [0.15, 0.2) is 0 Å². The molecule has 35 heavy (non-hydrogen) atoms. The third-order valence-corrected chi connectivity index (χ3v) is 6.58. The number of aromatic nitrogens is 5. The van der Waals surface area contributed by atoms with Gasteiger partial charge >= 0.3 is 0 Å². The molecule has 1 aliphatic heterocycles. The van der Waals surface area contributed by atoms with Gasteiger partial charge in [-0.15, -0.1) is 0 Å². The lowest BCUT2D eigenvalue weighted by Crippen LogP contribution is -2.34. The number of imidazole rings is 1. The number of nitrogens with one attached hydrogen (secondary N) is 1. The van der Waals surface area contributed by atoms with Crippen LogP contribution in [0.25, 0.3) is 21.9 Å². The maximum absolute atomic E-state index is 13.1. The Hall–Kier alpha value is -4.01. The SMILES string of the molecule is C=CC(=O)N1CCCC[C@@H](n2c(NC(=O)c3ccncc3)nc3ccc4c(cnn4C(C)C)c32)C1. The molecular weight excluding hydrogens is 442 g/mol. The molecule has 1 fully saturated rings. The molecular formula is C26H29N7O2. The van der Waals surface area contributed by atoms with E-state index in [0.29, 0.717) is 24.6 Å². The molecule has 5 rings (SSSR count). The van der Waals surface area contributed by atoms with Gasteiger partial charge in [0.2, 0.25) is 11.9 Å². The van der Waals surface area contributed by atoms with Crippen molar-refractivity contribution in [3.8, 4) is 0 Å². The molecule has 4 heterocycles. The van der Waals surface area contributed by atoms with Crippen LogP contribution in [0.1, 0.15) is 55.6 Å². The van der Waals surface area contributed by atoms with E-state index >= 15 is 0 Å². The van der Waals surface area contributed by atoms with Gasteiger partial charge in [-0.05, 0) is 63.5 Å². The molecule has 1 saturated heterocycles. The molecule has 1 atom stereocenters. The molecule has 4 aromatic rings. The number of anilines is 1. The number of hydrogen-bond donors (Lipinski definition) is 1. The molecule has 1 N–H and O–H groups in total. The van der Waals surface area contributed by atoms with Gasteiger partial charge in [0.1, 0.15) is 0 Å². The quantitative estimate of drug-likeness (QED) is 0.436. The van der Waals surface area contributed by atoms with Crippen molar-refractivity contribution in [1.82, 2.24) is 29.2 Å². The summed E-state index contributed by atoms with van der Waals surface area (Å²) in [5, 5.41) is 8.62. The fourth-order valence-corrected chi connectivity index (χ4v) is 4.90. The van der Waals surface area contributed by atoms with Gasteiger partial charge in [-0.1, -0.05) is 6.58 Å². The van der Waals surface area contributed by atoms with Crippen LogP contribution >= 0.6 is 0 Å². The lowest BCUT2D eigenvalue weighted by Gasteiger charge is -2.26. The normalized spacial score (nSPS) is 16.5. The summed E-state index contributed by atoms with van der Waals surface area (Å²) < 4.78 is 4.08. The molecule has 3 aromatic heterocycles. The summed E-state index contributed by atoms with van der Waals surface area (Å²) in [6, 6.07) is 7.47. The van der Waals surface area contributed by atoms with E-state index in [1.165, 1.54) is 6.08 Å². The highest BCUT2D eigenvalue weighted by Gasteiger charge is 2.28. The molecule has 180 valence electrons. The van der Waals surface area contributed by atoms with Gasteiger partial charge in [0.05, 0.1) is 28.8 Å². The summed E-state index contributed by atoms with van der Waals surface area (Å²) in [4.78, 5) is 36.3. The van der Waals surface area contributed by atoms with Crippen LogP contribution in [-0.2, 0) is 4.79 Å². The van der Waals surface area contributed by atoms with E-state index in [4.69, 9.17) is 4.98 Å². The molecule has 1 aromatic carbocycles. The number of carbonyl (C=O) groups excluding carboxylic acids is 2. The zero-order chi connectivity index (χ0) is 24.5. The number of benzene rings is 1. The van der Waals surface area contributed by atoms with Crippen LogP contribution in [0, 0.1) is 0 Å². The van der Waals surface area contributed by atoms with E-state index in [0.717, 1.165) is 41.2 Å². The zero-order valence-electron chi connectivity index (χ0n) is 20.0. The highest BCUT2D eigenvalue weighted by atomic mass is 16.2. The van der Waals surface area contributed by atoms with Crippen LogP contribution in [0.3, 0.4) is 0 Å². The van der Waals surface area contributed by atoms with E-state index in [1.54, 1.807) is 24.5 Å². The van der Waals surface area contributed by atoms with Crippen molar-refractivity contribution in [3.05, 3.63) is 61.1 Å². The average Bonchev–Trinajstić information content (AvgIpc) is 3.37. The van der Waals surface area contributed by atoms with E-state index in [9.17, 15) is 9.59 Å². The van der Waals surface area contributed by atoms with Crippen molar-refractivity contribution < 1.29 is 9.59 Å². The first kappa shape index (κ1) is 22.8. The molecule has 0 unspecified atom stereocenters. The Morgan fingerprint density at radius 2 is 1.97 bits per heavy atom. The highest BCUT2D eigenvalue weighted by molar-refractivity contribution is 6.07. The van der Waals surface area contributed by atoms with Crippen molar-refractivity contribution in [1.29, 1.82) is 0 Å². The van der Waals surface area contributed by atoms with Crippen molar-refractivity contribution >= 4 is 39.7 Å². The lowest BCUT2D eigenvalue weighted by atomic mass is 10.1. The molecule has 0 bridgehead atoms. The van der Waals surface area contributed by atoms with E-state index in [-0.39, 0.29) is 23.9 Å². The van der Waals surface area contributed by atoms with E-state index in [1.807, 2.05) is 27.9 Å². The van der Waals surface area contributed by atoms with Gasteiger partial charge in [-0.2, -0.15) is 5.10 Å². The largest absolute Gasteiger partial charge is 0.337 e. The predicted octanol–water partition coefficient (Wildman–Crippen LogP) is 4.35. The number of hydrogen-bond acceptors (Lipinski definition) is 5. The second-order valence-corrected chi connectivity index (χ2v) is 9.18. The van der Waals surface area contributed by atoms with Crippen LogP contribution in [-0.4, -0.2) is 54.1 Å². The number of nitrogens with zero attached hydrogens (tertiary/aromatic N) is 6. The van der Waals surface area contributed by atoms with Crippen LogP contribution in [0.5, 0.6) is 0 Å². The molecule has 1 aliphatic rings. The zero-order valence-corrected chi connectivity index (χ0v) is 20.0. The Bertz CT molecular complexity index is 1400. The third kappa shape index (κ3) is 4.18. The Labute approximate surface area is 203 Å². The highest BCUT2D eigenvalue weighted by Crippen LogP contribution is 2.35. The van der Waals surface area contributed by atoms with Crippen LogP contribution < -0.4 is 5.32 Å². The number of rotatable bonds is 5. The van der Waals surface area contributed by atoms with E-state index in [2.05, 4.69) is 40.4 Å². The van der Waals surface area contributed by atoms with Gasteiger partial charge in [0, 0.05) is 42.5 Å². The minimum Gasteiger partial charge on any atom is -0.337 e. The third-order valence-electron chi connectivity index (χ3n) is 6.58. The van der Waals surface area contributed by atoms with Gasteiger partial charge in [-0.25, -0.2) is 4.98 Å². The smallest absolute Gasteiger partial charge is 0.258 e. The number of likely N-dealkylation sites (tertiary alicyclic amines) is 1. The Balaban J connectivity index is 1.67. The summed E-state index contributed by atoms with van der Waals surface area (Å²) >= 11 is 0. The van der Waals surface area contributed by atoms with Crippen molar-refractivity contribution in [2.75, 3.05) is 18.4 Å². The summed E-state index contributed by atoms with van der Waals surface area (Å²) in [6.45, 7) is 9.07. The summed E-state index contributed by atoms with van der Waals surface area (Å²) in [6.07, 6.45) is 9.16. The second-order valence-electron chi connectivity index (χ2n) is 9.18. The molecule has 0 spiro atoms. The number of carbonyl (C=O) groups is 2. The van der Waals surface area contributed by atoms with Crippen molar-refractivity contribution in [3.63, 3.8) is 0 Å². The summed E-state index contributed by atoms with van der Waals surface area (Å²) in [5.74, 6) is 0.122. The maximum Gasteiger partial charge on any atom is 0.258 e. The Morgan fingerprint density at radius 3 is 2.71 bits per heavy atom. The van der Waals surface area contributed by atoms with Gasteiger partial charge in [0.25, 0.3) is 5.91 Å². The first-order chi connectivity index (χ1) is 17.0. The van der Waals surface area contributed by atoms with Crippen LogP contribution in [0.4, 0.5) is 5.95 Å². The standard InChI is InChI=1S/C26H29N7O2/c1-4-23(34)31-14-6-5-7-19(16-31)32-24-20-15-28-33(17(2)3)22(20)9-8-21(24)29-26(32)30-25(35)18-10-12-27-13-11-18/h4,8-13,15,17,19H,1,5-7,14,16H2,2-3H3,(H,29,30,35)/t19-/m1/s1. The number of fused-ring (bicyclic) bond motifs is 3. The molecule has 2 amide bonds. The summed E-state index contributed by atoms with van der Waals surface area (Å²) in [5.41, 5.74) is 3.20. The van der Waals surface area contributed by atoms with Gasteiger partial charge < -0.3 is 9.47 Å². The number of pyridine rings is 1. The Kier molecular flexibility index (Phi) is 6.07. The fourth-order valence-electron chi connectivity index (χ4n) is 4.90. The topological polar surface area (TPSA) is 97.9 Å². The van der Waals surface area contributed by atoms with Gasteiger partial charge in [-0.3, -0.25) is 24.6 Å². The minimum atomic E-state index is -0.259. The van der Waals surface area contributed by atoms with Crippen molar-refractivity contribution in [2.45, 2.75) is 45.2 Å². The molecule has 9 heteroatoms. The first-order valence-corrected chi connectivity index (χ1v) is 12.0. The molecule has 9 nitrogen and oxygen atoms in total. The average molecular weight is 472 g/mol. The lowest BCUT2D eigenvalue weighted by molar-refractivity contribution is -0.126. The predicted molar refractivity (Wildman–Crippen MR) is 135 cm³/mol.